The molecule has 0 aliphatic rings. The first-order chi connectivity index (χ1) is 13.0. The summed E-state index contributed by atoms with van der Waals surface area (Å²) in [6, 6.07) is 8.72. The summed E-state index contributed by atoms with van der Waals surface area (Å²) in [5.74, 6) is -0.643. The van der Waals surface area contributed by atoms with Crippen molar-refractivity contribution >= 4 is 11.0 Å². The van der Waals surface area contributed by atoms with Crippen molar-refractivity contribution in [1.82, 2.24) is 9.13 Å². The number of nitrogens with zero attached hydrogens (tertiary/aromatic N) is 3. The van der Waals surface area contributed by atoms with Crippen molar-refractivity contribution < 1.29 is 18.3 Å². The van der Waals surface area contributed by atoms with Gasteiger partial charge in [0.25, 0.3) is 0 Å². The number of hydrogen-bond donors (Lipinski definition) is 0. The minimum absolute atomic E-state index is 0.0282. The Kier molecular flexibility index (Phi) is 5.12. The maximum Gasteiger partial charge on any atom is 0.330 e. The van der Waals surface area contributed by atoms with E-state index in [0.29, 0.717) is 29.7 Å². The van der Waals surface area contributed by atoms with Crippen LogP contribution in [0.25, 0.3) is 11.0 Å². The van der Waals surface area contributed by atoms with Crippen LogP contribution in [0.15, 0.2) is 35.1 Å². The molecule has 6 nitrogen and oxygen atoms in total. The van der Waals surface area contributed by atoms with E-state index in [-0.39, 0.29) is 24.1 Å². The molecule has 0 unspecified atom stereocenters. The summed E-state index contributed by atoms with van der Waals surface area (Å²) in [5, 5.41) is 8.96. The van der Waals surface area contributed by atoms with Gasteiger partial charge in [0.1, 0.15) is 17.9 Å². The number of rotatable bonds is 6. The standard InChI is InChI=1S/C19H17F2N3O3/c1-3-27-17-8-12(4-5-16(17)26-2)11-24-18-14(21)9-13(20)10-15(18)23(7-6-22)19(24)25/h4-5,8-10H,3,7,11H2,1-2H3. The molecule has 0 fully saturated rings. The van der Waals surface area contributed by atoms with E-state index in [4.69, 9.17) is 14.7 Å². The van der Waals surface area contributed by atoms with E-state index < -0.39 is 17.3 Å². The van der Waals surface area contributed by atoms with Crippen molar-refractivity contribution in [3.05, 3.63) is 58.0 Å². The molecule has 2 aromatic carbocycles. The van der Waals surface area contributed by atoms with Crippen LogP contribution in [0, 0.1) is 23.0 Å². The maximum atomic E-state index is 14.4. The molecule has 140 valence electrons. The van der Waals surface area contributed by atoms with Gasteiger partial charge in [-0.2, -0.15) is 5.26 Å². The highest BCUT2D eigenvalue weighted by Crippen LogP contribution is 2.29. The SMILES string of the molecule is CCOc1cc(Cn2c(=O)n(CC#N)c3cc(F)cc(F)c32)ccc1OC. The van der Waals surface area contributed by atoms with Crippen LogP contribution in [0.5, 0.6) is 11.5 Å². The van der Waals surface area contributed by atoms with Gasteiger partial charge in [0, 0.05) is 12.1 Å². The lowest BCUT2D eigenvalue weighted by Gasteiger charge is -2.11. The molecule has 0 amide bonds. The smallest absolute Gasteiger partial charge is 0.330 e. The summed E-state index contributed by atoms with van der Waals surface area (Å²) in [6.07, 6.45) is 0. The number of aromatic nitrogens is 2. The van der Waals surface area contributed by atoms with Crippen LogP contribution in [-0.4, -0.2) is 22.9 Å². The minimum atomic E-state index is -0.864. The molecule has 0 saturated carbocycles. The van der Waals surface area contributed by atoms with Gasteiger partial charge in [-0.1, -0.05) is 6.07 Å². The van der Waals surface area contributed by atoms with Gasteiger partial charge in [-0.05, 0) is 24.6 Å². The molecule has 0 bridgehead atoms. The normalized spacial score (nSPS) is 10.8. The second-order valence-corrected chi connectivity index (χ2v) is 5.79. The van der Waals surface area contributed by atoms with Gasteiger partial charge in [0.2, 0.25) is 0 Å². The van der Waals surface area contributed by atoms with E-state index in [0.717, 1.165) is 10.6 Å². The Labute approximate surface area is 153 Å². The first kappa shape index (κ1) is 18.5. The largest absolute Gasteiger partial charge is 0.493 e. The van der Waals surface area contributed by atoms with Crippen LogP contribution < -0.4 is 15.2 Å². The zero-order chi connectivity index (χ0) is 19.6. The van der Waals surface area contributed by atoms with Crippen molar-refractivity contribution in [2.24, 2.45) is 0 Å². The fourth-order valence-electron chi connectivity index (χ4n) is 3.01. The molecule has 8 heteroatoms. The van der Waals surface area contributed by atoms with Crippen LogP contribution in [0.3, 0.4) is 0 Å². The van der Waals surface area contributed by atoms with Crippen LogP contribution in [0.2, 0.25) is 0 Å². The number of hydrogen-bond acceptors (Lipinski definition) is 4. The Balaban J connectivity index is 2.16. The highest BCUT2D eigenvalue weighted by Gasteiger charge is 2.19. The van der Waals surface area contributed by atoms with Gasteiger partial charge in [-0.25, -0.2) is 13.6 Å². The predicted octanol–water partition coefficient (Wildman–Crippen LogP) is 3.06. The van der Waals surface area contributed by atoms with Crippen molar-refractivity contribution in [3.63, 3.8) is 0 Å². The second kappa shape index (κ2) is 7.50. The summed E-state index contributed by atoms with van der Waals surface area (Å²) >= 11 is 0. The lowest BCUT2D eigenvalue weighted by Crippen LogP contribution is -2.24. The molecule has 0 aliphatic carbocycles. The number of nitriles is 1. The first-order valence-electron chi connectivity index (χ1n) is 8.24. The number of benzene rings is 2. The third-order valence-corrected chi connectivity index (χ3v) is 4.13. The van der Waals surface area contributed by atoms with Crippen molar-refractivity contribution in [1.29, 1.82) is 5.26 Å². The zero-order valence-electron chi connectivity index (χ0n) is 14.8. The van der Waals surface area contributed by atoms with Crippen molar-refractivity contribution in [2.45, 2.75) is 20.0 Å². The molecule has 0 N–H and O–H groups in total. The van der Waals surface area contributed by atoms with Gasteiger partial charge in [-0.3, -0.25) is 9.13 Å². The van der Waals surface area contributed by atoms with Gasteiger partial charge in [0.15, 0.2) is 17.3 Å². The highest BCUT2D eigenvalue weighted by molar-refractivity contribution is 5.77. The van der Waals surface area contributed by atoms with E-state index in [9.17, 15) is 13.6 Å². The Morgan fingerprint density at radius 2 is 1.93 bits per heavy atom. The average Bonchev–Trinajstić information content (AvgIpc) is 2.88. The van der Waals surface area contributed by atoms with E-state index in [1.54, 1.807) is 18.2 Å². The Hall–Kier alpha value is -3.34. The van der Waals surface area contributed by atoms with E-state index >= 15 is 0 Å². The predicted molar refractivity (Wildman–Crippen MR) is 95.0 cm³/mol. The summed E-state index contributed by atoms with van der Waals surface area (Å²) in [7, 11) is 1.52. The summed E-state index contributed by atoms with van der Waals surface area (Å²) in [5.41, 5.74) is 0.0638. The lowest BCUT2D eigenvalue weighted by atomic mass is 10.2. The number of methoxy groups -OCH3 is 1. The molecule has 0 saturated heterocycles. The molecule has 3 rings (SSSR count). The monoisotopic (exact) mass is 373 g/mol. The maximum absolute atomic E-state index is 14.4. The third-order valence-electron chi connectivity index (χ3n) is 4.13. The first-order valence-corrected chi connectivity index (χ1v) is 8.24. The number of halogens is 2. The molecule has 0 spiro atoms. The molecule has 3 aromatic rings. The van der Waals surface area contributed by atoms with Gasteiger partial charge >= 0.3 is 5.69 Å². The fourth-order valence-corrected chi connectivity index (χ4v) is 3.01. The molecular formula is C19H17F2N3O3. The average molecular weight is 373 g/mol. The highest BCUT2D eigenvalue weighted by atomic mass is 19.1. The second-order valence-electron chi connectivity index (χ2n) is 5.79. The van der Waals surface area contributed by atoms with Gasteiger partial charge in [0.05, 0.1) is 31.8 Å². The fraction of sp³-hybridized carbons (Fsp3) is 0.263. The minimum Gasteiger partial charge on any atom is -0.493 e. The molecule has 27 heavy (non-hydrogen) atoms. The van der Waals surface area contributed by atoms with Crippen molar-refractivity contribution in [3.8, 4) is 17.6 Å². The quantitative estimate of drug-likeness (QED) is 0.666. The summed E-state index contributed by atoms with van der Waals surface area (Å²) < 4.78 is 41.0. The summed E-state index contributed by atoms with van der Waals surface area (Å²) in [4.78, 5) is 12.7. The third kappa shape index (κ3) is 3.36. The van der Waals surface area contributed by atoms with Crippen LogP contribution in [0.4, 0.5) is 8.78 Å². The molecule has 1 aromatic heterocycles. The molecule has 1 heterocycles. The van der Waals surface area contributed by atoms with E-state index in [1.807, 2.05) is 13.0 Å². The molecule has 0 radical (unpaired) electrons. The number of fused-ring (bicyclic) bond motifs is 1. The summed E-state index contributed by atoms with van der Waals surface area (Å²) in [6.45, 7) is 1.98. The Morgan fingerprint density at radius 3 is 2.59 bits per heavy atom. The van der Waals surface area contributed by atoms with E-state index in [1.165, 1.54) is 11.7 Å². The van der Waals surface area contributed by atoms with Gasteiger partial charge < -0.3 is 9.47 Å². The molecule has 0 atom stereocenters. The number of imidazole rings is 1. The molecular weight excluding hydrogens is 356 g/mol. The molecule has 0 aliphatic heterocycles. The zero-order valence-corrected chi connectivity index (χ0v) is 14.8. The van der Waals surface area contributed by atoms with Crippen LogP contribution in [-0.2, 0) is 13.1 Å². The van der Waals surface area contributed by atoms with Crippen LogP contribution in [0.1, 0.15) is 12.5 Å². The van der Waals surface area contributed by atoms with Crippen LogP contribution >= 0.6 is 0 Å². The Bertz CT molecular complexity index is 1100. The van der Waals surface area contributed by atoms with E-state index in [2.05, 4.69) is 0 Å². The number of ether oxygens (including phenoxy) is 2. The van der Waals surface area contributed by atoms with Crippen molar-refractivity contribution in [2.75, 3.05) is 13.7 Å². The van der Waals surface area contributed by atoms with Gasteiger partial charge in [-0.15, -0.1) is 0 Å². The Morgan fingerprint density at radius 1 is 1.15 bits per heavy atom. The topological polar surface area (TPSA) is 69.2 Å². The lowest BCUT2D eigenvalue weighted by molar-refractivity contribution is 0.310.